The average molecular weight is 340 g/mol. The minimum Gasteiger partial charge on any atom is -0.497 e. The summed E-state index contributed by atoms with van der Waals surface area (Å²) in [7, 11) is 3.41. The Kier molecular flexibility index (Phi) is 3.59. The van der Waals surface area contributed by atoms with Gasteiger partial charge in [0.25, 0.3) is 0 Å². The molecule has 4 atom stereocenters. The lowest BCUT2D eigenvalue weighted by Gasteiger charge is -2.64. The van der Waals surface area contributed by atoms with E-state index < -0.39 is 5.60 Å². The van der Waals surface area contributed by atoms with Crippen LogP contribution in [0.2, 0.25) is 0 Å². The number of rotatable bonds is 2. The van der Waals surface area contributed by atoms with Gasteiger partial charge in [-0.25, -0.2) is 0 Å². The van der Waals surface area contributed by atoms with Gasteiger partial charge in [-0.3, -0.25) is 4.79 Å². The Balaban J connectivity index is 1.98. The predicted octanol–water partition coefficient (Wildman–Crippen LogP) is 2.43. The zero-order chi connectivity index (χ0) is 17.8. The third-order valence-corrected chi connectivity index (χ3v) is 6.88. The second kappa shape index (κ2) is 5.47. The molecule has 0 N–H and O–H groups in total. The number of ketones is 1. The van der Waals surface area contributed by atoms with Gasteiger partial charge < -0.3 is 14.4 Å². The molecule has 3 aliphatic rings. The van der Waals surface area contributed by atoms with E-state index in [4.69, 9.17) is 9.47 Å². The molecule has 1 saturated heterocycles. The Morgan fingerprint density at radius 1 is 1.36 bits per heavy atom. The van der Waals surface area contributed by atoms with Crippen molar-refractivity contribution in [3.8, 4) is 11.9 Å². The molecule has 0 amide bonds. The summed E-state index contributed by atoms with van der Waals surface area (Å²) in [6.45, 7) is 2.66. The fraction of sp³-hybridized carbons (Fsp3) is 0.600. The molecule has 1 aromatic carbocycles. The lowest BCUT2D eigenvalue weighted by molar-refractivity contribution is -0.186. The van der Waals surface area contributed by atoms with Gasteiger partial charge in [0.15, 0.2) is 6.19 Å². The molecule has 1 heterocycles. The average Bonchev–Trinajstić information content (AvgIpc) is 2.62. The fourth-order valence-electron chi connectivity index (χ4n) is 5.64. The first-order valence-electron chi connectivity index (χ1n) is 8.93. The lowest BCUT2D eigenvalue weighted by Crippen LogP contribution is -2.74. The molecule has 1 aliphatic heterocycles. The maximum atomic E-state index is 12.8. The molecular weight excluding hydrogens is 316 g/mol. The molecule has 2 fully saturated rings. The van der Waals surface area contributed by atoms with Crippen molar-refractivity contribution in [3.63, 3.8) is 0 Å². The Morgan fingerprint density at radius 3 is 2.84 bits per heavy atom. The Labute approximate surface area is 148 Å². The summed E-state index contributed by atoms with van der Waals surface area (Å²) in [5, 5.41) is 9.68. The molecule has 1 saturated carbocycles. The summed E-state index contributed by atoms with van der Waals surface area (Å²) < 4.78 is 11.7. The molecule has 0 aromatic heterocycles. The first-order chi connectivity index (χ1) is 12.0. The first kappa shape index (κ1) is 16.4. The van der Waals surface area contributed by atoms with Gasteiger partial charge in [0, 0.05) is 31.4 Å². The zero-order valence-corrected chi connectivity index (χ0v) is 15.0. The summed E-state index contributed by atoms with van der Waals surface area (Å²) in [4.78, 5) is 14.6. The number of benzene rings is 1. The summed E-state index contributed by atoms with van der Waals surface area (Å²) in [6.07, 6.45) is 5.04. The number of hydrogen-bond donors (Lipinski definition) is 0. The highest BCUT2D eigenvalue weighted by molar-refractivity contribution is 5.84. The number of Topliss-reactive ketones (excluding diaryl/α,β-unsaturated/α-hetero) is 1. The van der Waals surface area contributed by atoms with Crippen LogP contribution in [0.4, 0.5) is 0 Å². The van der Waals surface area contributed by atoms with Gasteiger partial charge in [-0.15, -0.1) is 0 Å². The number of hydrogen-bond acceptors (Lipinski definition) is 5. The zero-order valence-electron chi connectivity index (χ0n) is 15.0. The van der Waals surface area contributed by atoms with Crippen LogP contribution in [0.5, 0.6) is 5.75 Å². The van der Waals surface area contributed by atoms with Crippen molar-refractivity contribution < 1.29 is 14.3 Å². The molecule has 1 aromatic rings. The number of fused-ring (bicyclic) bond motifs is 1. The molecule has 0 spiro atoms. The van der Waals surface area contributed by atoms with Crippen molar-refractivity contribution in [1.82, 2.24) is 4.90 Å². The van der Waals surface area contributed by atoms with Crippen LogP contribution >= 0.6 is 0 Å². The van der Waals surface area contributed by atoms with Gasteiger partial charge in [0.05, 0.1) is 18.8 Å². The maximum absolute atomic E-state index is 12.8. The summed E-state index contributed by atoms with van der Waals surface area (Å²) >= 11 is 0. The van der Waals surface area contributed by atoms with Gasteiger partial charge in [0.2, 0.25) is 0 Å². The van der Waals surface area contributed by atoms with Crippen LogP contribution < -0.4 is 4.74 Å². The number of ether oxygens (including phenoxy) is 2. The molecule has 5 heteroatoms. The van der Waals surface area contributed by atoms with Crippen LogP contribution in [0.25, 0.3) is 0 Å². The van der Waals surface area contributed by atoms with Gasteiger partial charge in [-0.05, 0) is 42.5 Å². The van der Waals surface area contributed by atoms with Crippen LogP contribution in [0.1, 0.15) is 37.3 Å². The normalized spacial score (nSPS) is 36.2. The van der Waals surface area contributed by atoms with Crippen LogP contribution in [-0.2, 0) is 21.4 Å². The van der Waals surface area contributed by atoms with E-state index in [9.17, 15) is 10.1 Å². The number of likely N-dealkylation sites (tertiary alicyclic amines) is 1. The van der Waals surface area contributed by atoms with E-state index >= 15 is 0 Å². The third kappa shape index (κ3) is 1.95. The van der Waals surface area contributed by atoms with E-state index in [2.05, 4.69) is 18.3 Å². The molecule has 132 valence electrons. The van der Waals surface area contributed by atoms with Gasteiger partial charge in [-0.1, -0.05) is 13.0 Å². The number of nitriles is 1. The SMILES string of the molecule is COc1ccc2c(c1)[C@]13CCN(C#N)[C@H](C2)[C@]1(OC)CC(C)C(=O)C3. The van der Waals surface area contributed by atoms with Crippen LogP contribution in [0.3, 0.4) is 0 Å². The second-order valence-corrected chi connectivity index (χ2v) is 7.71. The molecule has 4 rings (SSSR count). The topological polar surface area (TPSA) is 62.6 Å². The monoisotopic (exact) mass is 340 g/mol. The van der Waals surface area contributed by atoms with Crippen LogP contribution in [0.15, 0.2) is 18.2 Å². The molecule has 0 radical (unpaired) electrons. The van der Waals surface area contributed by atoms with E-state index in [1.807, 2.05) is 17.9 Å². The fourth-order valence-corrected chi connectivity index (χ4v) is 5.64. The highest BCUT2D eigenvalue weighted by atomic mass is 16.5. The summed E-state index contributed by atoms with van der Waals surface area (Å²) in [5.74, 6) is 1.07. The van der Waals surface area contributed by atoms with E-state index in [-0.39, 0.29) is 17.4 Å². The number of nitrogens with zero attached hydrogens (tertiary/aromatic N) is 2. The van der Waals surface area contributed by atoms with Gasteiger partial charge in [0.1, 0.15) is 11.5 Å². The van der Waals surface area contributed by atoms with Crippen molar-refractivity contribution in [2.45, 2.75) is 49.7 Å². The van der Waals surface area contributed by atoms with E-state index in [0.29, 0.717) is 25.2 Å². The number of piperidine rings is 1. The molecule has 1 unspecified atom stereocenters. The van der Waals surface area contributed by atoms with Crippen LogP contribution in [-0.4, -0.2) is 43.1 Å². The molecule has 5 nitrogen and oxygen atoms in total. The largest absolute Gasteiger partial charge is 0.497 e. The number of carbonyl (C=O) groups is 1. The van der Waals surface area contributed by atoms with Gasteiger partial charge in [-0.2, -0.15) is 5.26 Å². The molecule has 25 heavy (non-hydrogen) atoms. The standard InChI is InChI=1S/C20H24N2O3/c1-13-10-20(25-3)18-8-14-4-5-15(24-2)9-16(14)19(20,11-17(13)23)6-7-22(18)12-21/h4-5,9,13,18H,6-8,10-11H2,1-3H3/t13?,18-,19-,20-/m1/s1. The maximum Gasteiger partial charge on any atom is 0.179 e. The predicted molar refractivity (Wildman–Crippen MR) is 92.2 cm³/mol. The molecular formula is C20H24N2O3. The number of methoxy groups -OCH3 is 2. The summed E-state index contributed by atoms with van der Waals surface area (Å²) in [5.41, 5.74) is 1.52. The van der Waals surface area contributed by atoms with Crippen molar-refractivity contribution >= 4 is 5.78 Å². The van der Waals surface area contributed by atoms with E-state index in [1.165, 1.54) is 11.1 Å². The third-order valence-electron chi connectivity index (χ3n) is 6.88. The van der Waals surface area contributed by atoms with E-state index in [1.54, 1.807) is 14.2 Å². The van der Waals surface area contributed by atoms with Crippen molar-refractivity contribution in [2.24, 2.45) is 5.92 Å². The lowest BCUT2D eigenvalue weighted by atomic mass is 9.48. The van der Waals surface area contributed by atoms with Gasteiger partial charge >= 0.3 is 0 Å². The van der Waals surface area contributed by atoms with Crippen molar-refractivity contribution in [2.75, 3.05) is 20.8 Å². The highest BCUT2D eigenvalue weighted by Crippen LogP contribution is 2.60. The minimum atomic E-state index is -0.506. The first-order valence-corrected chi connectivity index (χ1v) is 8.93. The second-order valence-electron chi connectivity index (χ2n) is 7.71. The smallest absolute Gasteiger partial charge is 0.179 e. The minimum absolute atomic E-state index is 0.0207. The Bertz CT molecular complexity index is 771. The highest BCUT2D eigenvalue weighted by Gasteiger charge is 2.67. The number of carbonyl (C=O) groups excluding carboxylic acids is 1. The summed E-state index contributed by atoms with van der Waals surface area (Å²) in [6, 6.07) is 6.12. The van der Waals surface area contributed by atoms with Crippen LogP contribution in [0, 0.1) is 17.4 Å². The van der Waals surface area contributed by atoms with E-state index in [0.717, 1.165) is 18.6 Å². The quantitative estimate of drug-likeness (QED) is 0.774. The van der Waals surface area contributed by atoms with Crippen molar-refractivity contribution in [3.05, 3.63) is 29.3 Å². The Hall–Kier alpha value is -2.06. The van der Waals surface area contributed by atoms with Crippen molar-refractivity contribution in [1.29, 1.82) is 5.26 Å². The molecule has 2 aliphatic carbocycles. The molecule has 2 bridgehead atoms. The Morgan fingerprint density at radius 2 is 2.16 bits per heavy atom.